The SMILES string of the molecule is CC(C)(C)Cc1nc(C(C)(C)C)n2ccccc12. The normalized spacial score (nSPS) is 13.2. The molecule has 0 radical (unpaired) electrons. The number of rotatable bonds is 1. The van der Waals surface area contributed by atoms with Gasteiger partial charge in [0.05, 0.1) is 11.2 Å². The molecular formula is C16H24N2. The number of hydrogen-bond acceptors (Lipinski definition) is 1. The Morgan fingerprint density at radius 1 is 1.06 bits per heavy atom. The minimum Gasteiger partial charge on any atom is -0.303 e. The second kappa shape index (κ2) is 4.11. The molecule has 18 heavy (non-hydrogen) atoms. The molecule has 0 saturated heterocycles. The van der Waals surface area contributed by atoms with Gasteiger partial charge in [-0.1, -0.05) is 47.6 Å². The van der Waals surface area contributed by atoms with Gasteiger partial charge in [-0.05, 0) is 24.0 Å². The lowest BCUT2D eigenvalue weighted by atomic mass is 9.90. The Labute approximate surface area is 110 Å². The van der Waals surface area contributed by atoms with Crippen LogP contribution in [0, 0.1) is 5.41 Å². The summed E-state index contributed by atoms with van der Waals surface area (Å²) in [6, 6.07) is 6.34. The Kier molecular flexibility index (Phi) is 3.00. The number of pyridine rings is 1. The van der Waals surface area contributed by atoms with E-state index in [4.69, 9.17) is 4.98 Å². The van der Waals surface area contributed by atoms with Crippen LogP contribution >= 0.6 is 0 Å². The average molecular weight is 244 g/mol. The van der Waals surface area contributed by atoms with Gasteiger partial charge in [0.15, 0.2) is 0 Å². The van der Waals surface area contributed by atoms with Crippen molar-refractivity contribution < 1.29 is 0 Å². The first-order valence-electron chi connectivity index (χ1n) is 6.65. The number of hydrogen-bond donors (Lipinski definition) is 0. The largest absolute Gasteiger partial charge is 0.303 e. The molecule has 0 N–H and O–H groups in total. The number of imidazole rings is 1. The van der Waals surface area contributed by atoms with Crippen molar-refractivity contribution in [3.63, 3.8) is 0 Å². The molecule has 2 aromatic rings. The zero-order valence-corrected chi connectivity index (χ0v) is 12.4. The van der Waals surface area contributed by atoms with Crippen molar-refractivity contribution in [1.82, 2.24) is 9.38 Å². The second-order valence-electron chi connectivity index (χ2n) is 7.33. The molecule has 2 heterocycles. The Morgan fingerprint density at radius 3 is 2.28 bits per heavy atom. The fraction of sp³-hybridized carbons (Fsp3) is 0.562. The third-order valence-corrected chi connectivity index (χ3v) is 2.99. The standard InChI is InChI=1S/C16H24N2/c1-15(2,3)11-12-13-9-7-8-10-18(13)14(17-12)16(4,5)6/h7-10H,11H2,1-6H3. The average Bonchev–Trinajstić information content (AvgIpc) is 2.55. The molecule has 98 valence electrons. The lowest BCUT2D eigenvalue weighted by molar-refractivity contribution is 0.407. The maximum absolute atomic E-state index is 4.91. The van der Waals surface area contributed by atoms with E-state index in [1.165, 1.54) is 11.2 Å². The summed E-state index contributed by atoms with van der Waals surface area (Å²) in [6.07, 6.45) is 3.13. The first-order chi connectivity index (χ1) is 8.18. The molecule has 0 saturated carbocycles. The highest BCUT2D eigenvalue weighted by Gasteiger charge is 2.24. The van der Waals surface area contributed by atoms with Gasteiger partial charge in [0, 0.05) is 11.6 Å². The van der Waals surface area contributed by atoms with Crippen LogP contribution in [-0.4, -0.2) is 9.38 Å². The maximum atomic E-state index is 4.91. The number of aromatic nitrogens is 2. The molecule has 2 heteroatoms. The Bertz CT molecular complexity index is 550. The van der Waals surface area contributed by atoms with Crippen molar-refractivity contribution in [2.24, 2.45) is 5.41 Å². The lowest BCUT2D eigenvalue weighted by Gasteiger charge is -2.17. The van der Waals surface area contributed by atoms with E-state index in [1.807, 2.05) is 0 Å². The van der Waals surface area contributed by atoms with Crippen LogP contribution in [-0.2, 0) is 11.8 Å². The topological polar surface area (TPSA) is 17.3 Å². The van der Waals surface area contributed by atoms with E-state index in [0.717, 1.165) is 12.2 Å². The molecule has 2 rings (SSSR count). The quantitative estimate of drug-likeness (QED) is 0.734. The van der Waals surface area contributed by atoms with Crippen LogP contribution in [0.1, 0.15) is 53.1 Å². The zero-order chi connectivity index (χ0) is 13.6. The smallest absolute Gasteiger partial charge is 0.118 e. The molecule has 0 aliphatic rings. The third kappa shape index (κ3) is 2.58. The minimum atomic E-state index is 0.0698. The molecule has 0 spiro atoms. The van der Waals surface area contributed by atoms with Gasteiger partial charge in [-0.2, -0.15) is 0 Å². The van der Waals surface area contributed by atoms with E-state index < -0.39 is 0 Å². The maximum Gasteiger partial charge on any atom is 0.118 e. The summed E-state index contributed by atoms with van der Waals surface area (Å²) in [4.78, 5) is 4.91. The Balaban J connectivity index is 2.62. The predicted molar refractivity (Wildman–Crippen MR) is 77.1 cm³/mol. The highest BCUT2D eigenvalue weighted by atomic mass is 15.0. The summed E-state index contributed by atoms with van der Waals surface area (Å²) >= 11 is 0. The van der Waals surface area contributed by atoms with Gasteiger partial charge in [-0.3, -0.25) is 0 Å². The molecule has 0 bridgehead atoms. The number of fused-ring (bicyclic) bond motifs is 1. The fourth-order valence-electron chi connectivity index (χ4n) is 2.26. The number of nitrogens with zero attached hydrogens (tertiary/aromatic N) is 2. The van der Waals surface area contributed by atoms with Crippen LogP contribution in [0.2, 0.25) is 0 Å². The molecule has 0 aliphatic carbocycles. The summed E-state index contributed by atoms with van der Waals surface area (Å²) in [7, 11) is 0. The minimum absolute atomic E-state index is 0.0698. The fourth-order valence-corrected chi connectivity index (χ4v) is 2.26. The molecule has 0 aromatic carbocycles. The molecule has 0 aliphatic heterocycles. The van der Waals surface area contributed by atoms with Crippen molar-refractivity contribution >= 4 is 5.52 Å². The van der Waals surface area contributed by atoms with Crippen molar-refractivity contribution in [1.29, 1.82) is 0 Å². The summed E-state index contributed by atoms with van der Waals surface area (Å²) in [5.74, 6) is 1.15. The first kappa shape index (κ1) is 13.1. The molecule has 2 aromatic heterocycles. The summed E-state index contributed by atoms with van der Waals surface area (Å²) in [5, 5.41) is 0. The van der Waals surface area contributed by atoms with Gasteiger partial charge in [0.2, 0.25) is 0 Å². The van der Waals surface area contributed by atoms with Crippen LogP contribution in [0.3, 0.4) is 0 Å². The Hall–Kier alpha value is -1.31. The van der Waals surface area contributed by atoms with Crippen molar-refractivity contribution in [3.8, 4) is 0 Å². The third-order valence-electron chi connectivity index (χ3n) is 2.99. The van der Waals surface area contributed by atoms with Gasteiger partial charge >= 0.3 is 0 Å². The zero-order valence-electron chi connectivity index (χ0n) is 12.4. The van der Waals surface area contributed by atoms with Gasteiger partial charge < -0.3 is 4.40 Å². The summed E-state index contributed by atoms with van der Waals surface area (Å²) in [6.45, 7) is 13.4. The summed E-state index contributed by atoms with van der Waals surface area (Å²) in [5.41, 5.74) is 2.80. The lowest BCUT2D eigenvalue weighted by Crippen LogP contribution is -2.16. The molecule has 0 unspecified atom stereocenters. The van der Waals surface area contributed by atoms with Crippen LogP contribution in [0.25, 0.3) is 5.52 Å². The van der Waals surface area contributed by atoms with Crippen LogP contribution in [0.5, 0.6) is 0 Å². The van der Waals surface area contributed by atoms with Gasteiger partial charge in [-0.25, -0.2) is 4.98 Å². The molecule has 0 amide bonds. The van der Waals surface area contributed by atoms with Crippen molar-refractivity contribution in [2.45, 2.75) is 53.4 Å². The van der Waals surface area contributed by atoms with Crippen LogP contribution < -0.4 is 0 Å². The van der Waals surface area contributed by atoms with E-state index in [9.17, 15) is 0 Å². The predicted octanol–water partition coefficient (Wildman–Crippen LogP) is 4.22. The molecule has 2 nitrogen and oxygen atoms in total. The second-order valence-corrected chi connectivity index (χ2v) is 7.33. The van der Waals surface area contributed by atoms with Crippen LogP contribution in [0.4, 0.5) is 0 Å². The highest BCUT2D eigenvalue weighted by molar-refractivity contribution is 5.54. The van der Waals surface area contributed by atoms with Crippen molar-refractivity contribution in [3.05, 3.63) is 35.9 Å². The molecular weight excluding hydrogens is 220 g/mol. The summed E-state index contributed by atoms with van der Waals surface area (Å²) < 4.78 is 2.24. The van der Waals surface area contributed by atoms with Crippen molar-refractivity contribution in [2.75, 3.05) is 0 Å². The van der Waals surface area contributed by atoms with E-state index in [-0.39, 0.29) is 10.8 Å². The van der Waals surface area contributed by atoms with Crippen LogP contribution in [0.15, 0.2) is 24.4 Å². The monoisotopic (exact) mass is 244 g/mol. The van der Waals surface area contributed by atoms with E-state index in [1.54, 1.807) is 0 Å². The first-order valence-corrected chi connectivity index (χ1v) is 6.65. The Morgan fingerprint density at radius 2 is 1.72 bits per heavy atom. The molecule has 0 fully saturated rings. The molecule has 0 atom stereocenters. The van der Waals surface area contributed by atoms with Gasteiger partial charge in [0.25, 0.3) is 0 Å². The van der Waals surface area contributed by atoms with Gasteiger partial charge in [-0.15, -0.1) is 0 Å². The van der Waals surface area contributed by atoms with E-state index >= 15 is 0 Å². The van der Waals surface area contributed by atoms with E-state index in [2.05, 4.69) is 70.3 Å². The van der Waals surface area contributed by atoms with E-state index in [0.29, 0.717) is 0 Å². The van der Waals surface area contributed by atoms with Gasteiger partial charge in [0.1, 0.15) is 5.82 Å². The highest BCUT2D eigenvalue weighted by Crippen LogP contribution is 2.28.